The third-order valence-corrected chi connectivity index (χ3v) is 21.5. The Bertz CT molecular complexity index is 4640. The molecule has 0 spiro atoms. The van der Waals surface area contributed by atoms with E-state index in [9.17, 15) is 48.9 Å². The molecule has 2 saturated heterocycles. The minimum absolute atomic E-state index is 0.000427. The fourth-order valence-electron chi connectivity index (χ4n) is 16.2. The predicted molar refractivity (Wildman–Crippen MR) is 385 cm³/mol. The number of nitriles is 2. The number of anilines is 4. The number of amides is 10. The van der Waals surface area contributed by atoms with Crippen LogP contribution in [-0.2, 0) is 19.2 Å². The molecular formula is C77H78Cl2N12O12. The Morgan fingerprint density at radius 3 is 1.32 bits per heavy atom. The molecule has 26 heteroatoms. The molecule has 0 radical (unpaired) electrons. The van der Waals surface area contributed by atoms with Crippen LogP contribution in [0.4, 0.5) is 22.7 Å². The summed E-state index contributed by atoms with van der Waals surface area (Å²) in [5.41, 5.74) is 2.75. The van der Waals surface area contributed by atoms with Crippen molar-refractivity contribution in [3.63, 3.8) is 0 Å². The van der Waals surface area contributed by atoms with Crippen LogP contribution in [0.5, 0.6) is 11.5 Å². The lowest BCUT2D eigenvalue weighted by atomic mass is 9.49. The molecule has 532 valence electrons. The number of hydrogen-bond donors (Lipinski definition) is 8. The van der Waals surface area contributed by atoms with Gasteiger partial charge in [0.15, 0.2) is 0 Å². The summed E-state index contributed by atoms with van der Waals surface area (Å²) in [5.74, 6) is -4.58. The molecule has 6 aliphatic rings. The molecule has 4 fully saturated rings. The number of nitrogens with one attached hydrogen (secondary N) is 8. The molecule has 6 aromatic carbocycles. The summed E-state index contributed by atoms with van der Waals surface area (Å²) in [7, 11) is 0. The molecule has 2 unspecified atom stereocenters. The molecule has 2 atom stereocenters. The Kier molecular flexibility index (Phi) is 19.7. The summed E-state index contributed by atoms with van der Waals surface area (Å²) in [6.45, 7) is 17.8. The van der Waals surface area contributed by atoms with Gasteiger partial charge in [0, 0.05) is 124 Å². The van der Waals surface area contributed by atoms with Gasteiger partial charge >= 0.3 is 0 Å². The van der Waals surface area contributed by atoms with Gasteiger partial charge in [-0.15, -0.1) is 0 Å². The van der Waals surface area contributed by atoms with Crippen LogP contribution in [0.1, 0.15) is 174 Å². The van der Waals surface area contributed by atoms with Gasteiger partial charge in [0.05, 0.1) is 43.4 Å². The number of fused-ring (bicyclic) bond motifs is 2. The maximum atomic E-state index is 15.4. The van der Waals surface area contributed by atoms with Gasteiger partial charge < -0.3 is 41.4 Å². The predicted octanol–water partition coefficient (Wildman–Crippen LogP) is 10.6. The maximum absolute atomic E-state index is 15.4. The number of imide groups is 4. The Balaban J connectivity index is 0.804. The van der Waals surface area contributed by atoms with Gasteiger partial charge in [0.25, 0.3) is 35.4 Å². The summed E-state index contributed by atoms with van der Waals surface area (Å²) in [6.07, 6.45) is 1.04. The minimum Gasteiger partial charge on any atom is -0.489 e. The highest BCUT2D eigenvalue weighted by molar-refractivity contribution is 6.32. The molecule has 4 heterocycles. The summed E-state index contributed by atoms with van der Waals surface area (Å²) in [4.78, 5) is 135. The van der Waals surface area contributed by atoms with Crippen LogP contribution in [0.15, 0.2) is 109 Å². The summed E-state index contributed by atoms with van der Waals surface area (Å²) < 4.78 is 13.2. The molecular weight excluding hydrogens is 1360 g/mol. The number of benzene rings is 6. The SMILES string of the molecule is CC1(C)C(NC(=O)c2ccc(NCCCCNc3ccc4c(c3)C(=O)N(C3CCC(=O)NC3=O)C4=O)c(-c3cc(NCCCNc4ccc5c(c4)C(=O)N(C4CCC(=O)NC4=O)C5=O)ccc3C(=O)NC3C(C)(C)C(Oc4ccc(C#N)c(Cl)c4)C3(C)C)c2)C(C)(C)C1Oc1ccc(C#N)c(Cl)c1. The standard InChI is InChI=1S/C77H78Cl2N12O12/c1-74(2)70(75(3,4)72(74)102-46-18-12-41(38-80)55(78)36-46)88-62(94)40-14-23-57(85-29-10-9-28-82-44-16-21-49-53(34-44)68(100)90(66(49)98)58-24-26-60(92)86-64(58)96)52(32-40)51-33-43(15-20-48(51)63(95)89-71-76(5,6)73(77(71,7)8)103-47-19-13-42(39-81)56(79)37-47)83-30-11-31-84-45-17-22-50-54(35-45)69(101)91(67(50)99)59-25-27-61(93)87-65(59)97/h12-23,32-37,58-59,70-73,82-85H,9-11,24-31H2,1-8H3,(H,88,94)(H,89,95)(H,86,92,96)(H,87,93,97). The van der Waals surface area contributed by atoms with Gasteiger partial charge in [0.1, 0.15) is 47.9 Å². The fourth-order valence-corrected chi connectivity index (χ4v) is 16.6. The Morgan fingerprint density at radius 1 is 0.476 bits per heavy atom. The van der Waals surface area contributed by atoms with Gasteiger partial charge in [-0.25, -0.2) is 0 Å². The lowest BCUT2D eigenvalue weighted by Gasteiger charge is -2.63. The van der Waals surface area contributed by atoms with Crippen LogP contribution in [-0.4, -0.2) is 131 Å². The van der Waals surface area contributed by atoms with Gasteiger partial charge in [-0.1, -0.05) is 78.6 Å². The summed E-state index contributed by atoms with van der Waals surface area (Å²) in [5, 5.41) is 44.5. The smallest absolute Gasteiger partial charge is 0.262 e. The molecule has 12 rings (SSSR count). The third-order valence-electron chi connectivity index (χ3n) is 20.8. The number of carbonyl (C=O) groups excluding carboxylic acids is 10. The number of piperidine rings is 2. The van der Waals surface area contributed by atoms with Gasteiger partial charge in [-0.2, -0.15) is 10.5 Å². The first-order valence-corrected chi connectivity index (χ1v) is 35.0. The first kappa shape index (κ1) is 72.0. The molecule has 4 aliphatic heterocycles. The highest BCUT2D eigenvalue weighted by Gasteiger charge is 2.65. The summed E-state index contributed by atoms with van der Waals surface area (Å²) >= 11 is 12.9. The molecule has 103 heavy (non-hydrogen) atoms. The Morgan fingerprint density at radius 2 is 0.883 bits per heavy atom. The monoisotopic (exact) mass is 1430 g/mol. The van der Waals surface area contributed by atoms with Crippen LogP contribution < -0.4 is 52.0 Å². The van der Waals surface area contributed by atoms with E-state index in [1.807, 2.05) is 73.6 Å². The highest BCUT2D eigenvalue weighted by Crippen LogP contribution is 2.57. The number of unbranched alkanes of at least 4 members (excludes halogenated alkanes) is 1. The van der Waals surface area contributed by atoms with Crippen molar-refractivity contribution >= 4 is 105 Å². The van der Waals surface area contributed by atoms with Crippen molar-refractivity contribution in [2.75, 3.05) is 47.4 Å². The van der Waals surface area contributed by atoms with Crippen molar-refractivity contribution in [3.05, 3.63) is 164 Å². The molecule has 2 aliphatic carbocycles. The van der Waals surface area contributed by atoms with E-state index in [2.05, 4.69) is 54.7 Å². The summed E-state index contributed by atoms with van der Waals surface area (Å²) in [6, 6.07) is 31.3. The maximum Gasteiger partial charge on any atom is 0.262 e. The van der Waals surface area contributed by atoms with E-state index in [1.54, 1.807) is 91.0 Å². The van der Waals surface area contributed by atoms with E-state index in [-0.39, 0.29) is 63.9 Å². The van der Waals surface area contributed by atoms with Crippen LogP contribution in [0.2, 0.25) is 10.0 Å². The van der Waals surface area contributed by atoms with Crippen LogP contribution in [0.25, 0.3) is 11.1 Å². The fraction of sp³-hybridized carbons (Fsp3) is 0.377. The van der Waals surface area contributed by atoms with Gasteiger partial charge in [-0.3, -0.25) is 68.4 Å². The molecule has 6 aromatic rings. The van der Waals surface area contributed by atoms with Crippen molar-refractivity contribution in [2.45, 2.75) is 137 Å². The van der Waals surface area contributed by atoms with E-state index >= 15 is 9.59 Å². The molecule has 2 saturated carbocycles. The lowest BCUT2D eigenvalue weighted by molar-refractivity contribution is -0.164. The molecule has 0 aromatic heterocycles. The van der Waals surface area contributed by atoms with Crippen molar-refractivity contribution in [1.82, 2.24) is 31.1 Å². The third kappa shape index (κ3) is 13.7. The Labute approximate surface area is 605 Å². The van der Waals surface area contributed by atoms with Crippen molar-refractivity contribution in [1.29, 1.82) is 10.5 Å². The van der Waals surface area contributed by atoms with Crippen molar-refractivity contribution in [3.8, 4) is 34.8 Å². The lowest BCUT2D eigenvalue weighted by Crippen LogP contribution is -2.74. The van der Waals surface area contributed by atoms with Gasteiger partial charge in [-0.05, 0) is 135 Å². The average Bonchev–Trinajstić information content (AvgIpc) is 1.56. The van der Waals surface area contributed by atoms with E-state index in [0.717, 1.165) is 9.80 Å². The zero-order valence-corrected chi connectivity index (χ0v) is 59.6. The highest BCUT2D eigenvalue weighted by atomic mass is 35.5. The van der Waals surface area contributed by atoms with Crippen molar-refractivity contribution < 1.29 is 57.4 Å². The number of carbonyl (C=O) groups is 10. The molecule has 8 N–H and O–H groups in total. The number of nitrogens with zero attached hydrogens (tertiary/aromatic N) is 4. The second kappa shape index (κ2) is 28.2. The number of hydrogen-bond acceptors (Lipinski definition) is 18. The first-order valence-electron chi connectivity index (χ1n) is 34.2. The van der Waals surface area contributed by atoms with Gasteiger partial charge in [0.2, 0.25) is 23.6 Å². The quantitative estimate of drug-likeness (QED) is 0.0206. The minimum atomic E-state index is -1.10. The second-order valence-corrected chi connectivity index (χ2v) is 30.1. The van der Waals surface area contributed by atoms with Crippen molar-refractivity contribution in [2.24, 2.45) is 21.7 Å². The van der Waals surface area contributed by atoms with Crippen LogP contribution >= 0.6 is 23.2 Å². The molecule has 24 nitrogen and oxygen atoms in total. The number of halogens is 2. The average molecular weight is 1430 g/mol. The zero-order valence-electron chi connectivity index (χ0n) is 58.1. The largest absolute Gasteiger partial charge is 0.489 e. The van der Waals surface area contributed by atoms with E-state index < -0.39 is 111 Å². The van der Waals surface area contributed by atoms with E-state index in [4.69, 9.17) is 32.7 Å². The Hall–Kier alpha value is -10.8. The topological polar surface area (TPSA) is 339 Å². The zero-order chi connectivity index (χ0) is 73.8. The van der Waals surface area contributed by atoms with Crippen LogP contribution in [0.3, 0.4) is 0 Å². The second-order valence-electron chi connectivity index (χ2n) is 29.3. The van der Waals surface area contributed by atoms with E-state index in [0.29, 0.717) is 113 Å². The number of ether oxygens (including phenoxy) is 2. The molecule has 0 bridgehead atoms. The normalized spacial score (nSPS) is 21.7. The first-order chi connectivity index (χ1) is 48.9. The molecule has 10 amide bonds. The number of rotatable bonds is 24. The van der Waals surface area contributed by atoms with E-state index in [1.165, 1.54) is 0 Å². The van der Waals surface area contributed by atoms with Crippen LogP contribution in [0, 0.1) is 44.3 Å².